The van der Waals surface area contributed by atoms with Crippen molar-refractivity contribution < 1.29 is 23.3 Å². The Kier molecular flexibility index (Phi) is 8.85. The van der Waals surface area contributed by atoms with Gasteiger partial charge in [-0.2, -0.15) is 0 Å². The van der Waals surface area contributed by atoms with Gasteiger partial charge in [0.1, 0.15) is 0 Å². The van der Waals surface area contributed by atoms with E-state index in [2.05, 4.69) is 25.7 Å². The third-order valence-corrected chi connectivity index (χ3v) is 5.94. The minimum absolute atomic E-state index is 0.0518. The Labute approximate surface area is 205 Å². The molecule has 3 rings (SSSR count). The van der Waals surface area contributed by atoms with E-state index in [-0.39, 0.29) is 29.7 Å². The standard InChI is InChI=1S/C25H24N4O5S/c1-17(30)26-22-16-20(35(33)19-11-7-4-8-12-19)13-14-21(22)27-24(29-25(32)34-2)28-23(31)15-18-9-5-3-6-10-18/h3-14,16H,15H2,1-2H3,(H,26,30)(H2,27,28,29,31,32). The summed E-state index contributed by atoms with van der Waals surface area (Å²) in [6.45, 7) is 1.32. The Bertz CT molecular complexity index is 1260. The normalized spacial score (nSPS) is 11.8. The van der Waals surface area contributed by atoms with Crippen LogP contribution in [0.3, 0.4) is 0 Å². The Hall–Kier alpha value is -4.31. The Morgan fingerprint density at radius 3 is 2.17 bits per heavy atom. The van der Waals surface area contributed by atoms with E-state index >= 15 is 0 Å². The molecule has 3 amide bonds. The number of guanidine groups is 1. The molecular formula is C25H24N4O5S. The fraction of sp³-hybridized carbons (Fsp3) is 0.120. The number of carbonyl (C=O) groups excluding carboxylic acids is 3. The van der Waals surface area contributed by atoms with E-state index in [1.54, 1.807) is 42.5 Å². The molecular weight excluding hydrogens is 468 g/mol. The number of nitrogens with one attached hydrogen (secondary N) is 3. The maximum absolute atomic E-state index is 13.0. The predicted octanol–water partition coefficient (Wildman–Crippen LogP) is 3.51. The van der Waals surface area contributed by atoms with Crippen molar-refractivity contribution in [2.24, 2.45) is 4.99 Å². The third kappa shape index (κ3) is 7.61. The number of hydrogen-bond donors (Lipinski definition) is 3. The van der Waals surface area contributed by atoms with Crippen LogP contribution in [0, 0.1) is 0 Å². The molecule has 0 radical (unpaired) electrons. The van der Waals surface area contributed by atoms with E-state index in [9.17, 15) is 18.6 Å². The van der Waals surface area contributed by atoms with Crippen molar-refractivity contribution in [3.8, 4) is 0 Å². The van der Waals surface area contributed by atoms with Gasteiger partial charge in [0, 0.05) is 16.7 Å². The summed E-state index contributed by atoms with van der Waals surface area (Å²) in [4.78, 5) is 41.6. The summed E-state index contributed by atoms with van der Waals surface area (Å²) in [6.07, 6.45) is -0.789. The van der Waals surface area contributed by atoms with Gasteiger partial charge in [-0.15, -0.1) is 0 Å². The van der Waals surface area contributed by atoms with Crippen LogP contribution in [0.4, 0.5) is 16.2 Å². The average molecular weight is 493 g/mol. The van der Waals surface area contributed by atoms with E-state index in [1.807, 2.05) is 24.3 Å². The maximum atomic E-state index is 13.0. The molecule has 3 N–H and O–H groups in total. The van der Waals surface area contributed by atoms with Crippen molar-refractivity contribution in [3.63, 3.8) is 0 Å². The monoisotopic (exact) mass is 492 g/mol. The second kappa shape index (κ2) is 12.2. The predicted molar refractivity (Wildman–Crippen MR) is 133 cm³/mol. The smallest absolute Gasteiger partial charge is 0.413 e. The molecule has 0 aliphatic carbocycles. The number of anilines is 1. The largest absolute Gasteiger partial charge is 0.453 e. The zero-order valence-electron chi connectivity index (χ0n) is 19.1. The molecule has 1 atom stereocenters. The molecule has 0 aliphatic rings. The lowest BCUT2D eigenvalue weighted by atomic mass is 10.1. The molecule has 0 aromatic heterocycles. The highest BCUT2D eigenvalue weighted by Crippen LogP contribution is 2.29. The number of hydrogen-bond acceptors (Lipinski definition) is 6. The summed E-state index contributed by atoms with van der Waals surface area (Å²) < 4.78 is 17.6. The van der Waals surface area contributed by atoms with Crippen LogP contribution in [-0.2, 0) is 31.5 Å². The van der Waals surface area contributed by atoms with Crippen molar-refractivity contribution >= 4 is 46.0 Å². The zero-order chi connectivity index (χ0) is 25.2. The van der Waals surface area contributed by atoms with Crippen molar-refractivity contribution in [1.82, 2.24) is 10.6 Å². The van der Waals surface area contributed by atoms with Crippen LogP contribution in [0.15, 0.2) is 93.6 Å². The zero-order valence-corrected chi connectivity index (χ0v) is 19.9. The lowest BCUT2D eigenvalue weighted by molar-refractivity contribution is -0.119. The van der Waals surface area contributed by atoms with E-state index in [4.69, 9.17) is 0 Å². The lowest BCUT2D eigenvalue weighted by Gasteiger charge is -2.13. The Balaban J connectivity index is 1.93. The number of amides is 3. The van der Waals surface area contributed by atoms with Gasteiger partial charge in [0.05, 0.1) is 35.7 Å². The van der Waals surface area contributed by atoms with Crippen LogP contribution in [0.5, 0.6) is 0 Å². The number of benzene rings is 3. The summed E-state index contributed by atoms with van der Waals surface area (Å²) in [5.74, 6) is -0.991. The number of aliphatic imine (C=N–C) groups is 1. The SMILES string of the molecule is COC(=O)NC(=Nc1ccc(S(=O)c2ccccc2)cc1NC(C)=O)NC(=O)Cc1ccccc1. The van der Waals surface area contributed by atoms with Gasteiger partial charge >= 0.3 is 6.09 Å². The fourth-order valence-electron chi connectivity index (χ4n) is 3.01. The second-order valence-electron chi connectivity index (χ2n) is 7.23. The van der Waals surface area contributed by atoms with Crippen LogP contribution in [-0.4, -0.2) is 35.2 Å². The molecule has 180 valence electrons. The van der Waals surface area contributed by atoms with Gasteiger partial charge in [-0.3, -0.25) is 20.2 Å². The summed E-state index contributed by atoms with van der Waals surface area (Å²) in [6, 6.07) is 22.6. The van der Waals surface area contributed by atoms with Gasteiger partial charge in [-0.05, 0) is 35.9 Å². The first-order valence-corrected chi connectivity index (χ1v) is 11.7. The molecule has 9 nitrogen and oxygen atoms in total. The van der Waals surface area contributed by atoms with Crippen LogP contribution in [0.1, 0.15) is 12.5 Å². The first-order valence-electron chi connectivity index (χ1n) is 10.5. The minimum Gasteiger partial charge on any atom is -0.453 e. The first kappa shape index (κ1) is 25.3. The highest BCUT2D eigenvalue weighted by atomic mass is 32.2. The highest BCUT2D eigenvalue weighted by Gasteiger charge is 2.15. The van der Waals surface area contributed by atoms with Gasteiger partial charge in [-0.1, -0.05) is 48.5 Å². The van der Waals surface area contributed by atoms with E-state index in [1.165, 1.54) is 26.2 Å². The second-order valence-corrected chi connectivity index (χ2v) is 8.71. The van der Waals surface area contributed by atoms with E-state index in [0.717, 1.165) is 5.56 Å². The molecule has 0 spiro atoms. The van der Waals surface area contributed by atoms with Gasteiger partial charge in [-0.25, -0.2) is 14.0 Å². The number of ether oxygens (including phenoxy) is 1. The maximum Gasteiger partial charge on any atom is 0.413 e. The molecule has 0 saturated heterocycles. The number of methoxy groups -OCH3 is 1. The van der Waals surface area contributed by atoms with E-state index in [0.29, 0.717) is 9.79 Å². The molecule has 0 saturated carbocycles. The van der Waals surface area contributed by atoms with Crippen molar-refractivity contribution in [1.29, 1.82) is 0 Å². The third-order valence-electron chi connectivity index (χ3n) is 4.55. The minimum atomic E-state index is -1.49. The van der Waals surface area contributed by atoms with Crippen LogP contribution < -0.4 is 16.0 Å². The molecule has 0 heterocycles. The van der Waals surface area contributed by atoms with Crippen molar-refractivity contribution in [2.45, 2.75) is 23.1 Å². The van der Waals surface area contributed by atoms with E-state index < -0.39 is 22.8 Å². The van der Waals surface area contributed by atoms with Crippen LogP contribution in [0.2, 0.25) is 0 Å². The number of rotatable bonds is 6. The summed E-state index contributed by atoms with van der Waals surface area (Å²) in [5, 5.41) is 7.56. The van der Waals surface area contributed by atoms with Crippen molar-refractivity contribution in [2.75, 3.05) is 12.4 Å². The van der Waals surface area contributed by atoms with Gasteiger partial charge in [0.2, 0.25) is 17.8 Å². The lowest BCUT2D eigenvalue weighted by Crippen LogP contribution is -2.44. The molecule has 0 fully saturated rings. The molecule has 35 heavy (non-hydrogen) atoms. The Morgan fingerprint density at radius 1 is 0.886 bits per heavy atom. The quantitative estimate of drug-likeness (QED) is 0.359. The molecule has 3 aromatic carbocycles. The van der Waals surface area contributed by atoms with Gasteiger partial charge in [0.25, 0.3) is 0 Å². The molecule has 0 aliphatic heterocycles. The van der Waals surface area contributed by atoms with Crippen LogP contribution >= 0.6 is 0 Å². The fourth-order valence-corrected chi connectivity index (χ4v) is 4.10. The molecule has 10 heteroatoms. The average Bonchev–Trinajstić information content (AvgIpc) is 2.85. The summed E-state index contributed by atoms with van der Waals surface area (Å²) in [5.41, 5.74) is 1.25. The number of alkyl carbamates (subject to hydrolysis) is 1. The highest BCUT2D eigenvalue weighted by molar-refractivity contribution is 7.85. The summed E-state index contributed by atoms with van der Waals surface area (Å²) >= 11 is 0. The summed E-state index contributed by atoms with van der Waals surface area (Å²) in [7, 11) is -0.319. The molecule has 3 aromatic rings. The topological polar surface area (TPSA) is 126 Å². The van der Waals surface area contributed by atoms with Crippen molar-refractivity contribution in [3.05, 3.63) is 84.4 Å². The molecule has 1 unspecified atom stereocenters. The number of carbonyl (C=O) groups is 3. The van der Waals surface area contributed by atoms with Crippen LogP contribution in [0.25, 0.3) is 0 Å². The first-order chi connectivity index (χ1) is 16.9. The van der Waals surface area contributed by atoms with Gasteiger partial charge < -0.3 is 10.1 Å². The van der Waals surface area contributed by atoms with Gasteiger partial charge in [0.15, 0.2) is 0 Å². The number of nitrogens with zero attached hydrogens (tertiary/aromatic N) is 1. The molecule has 0 bridgehead atoms. The Morgan fingerprint density at radius 2 is 1.54 bits per heavy atom.